The van der Waals surface area contributed by atoms with E-state index >= 15 is 0 Å². The van der Waals surface area contributed by atoms with E-state index in [1.54, 1.807) is 0 Å². The molecule has 0 bridgehead atoms. The molecule has 5 heteroatoms. The van der Waals surface area contributed by atoms with Crippen molar-refractivity contribution in [1.29, 1.82) is 5.26 Å². The summed E-state index contributed by atoms with van der Waals surface area (Å²) in [5.41, 5.74) is 0.435. The molecule has 0 saturated heterocycles. The molecule has 0 amide bonds. The molecule has 1 aromatic rings. The van der Waals surface area contributed by atoms with Crippen LogP contribution in [0.1, 0.15) is 5.56 Å². The highest BCUT2D eigenvalue weighted by Gasteiger charge is 2.18. The molecule has 4 nitrogen and oxygen atoms in total. The third kappa shape index (κ3) is 2.48. The maximum atomic E-state index is 11.9. The second kappa shape index (κ2) is 4.92. The van der Waals surface area contributed by atoms with Gasteiger partial charge in [-0.1, -0.05) is 6.08 Å². The van der Waals surface area contributed by atoms with Crippen LogP contribution in [0.15, 0.2) is 41.8 Å². The smallest absolute Gasteiger partial charge is 0.207 e. The van der Waals surface area contributed by atoms with E-state index in [2.05, 4.69) is 6.58 Å². The maximum Gasteiger partial charge on any atom is 0.243 e. The van der Waals surface area contributed by atoms with Crippen molar-refractivity contribution < 1.29 is 8.42 Å². The molecule has 0 aliphatic carbocycles. The molecule has 0 fully saturated rings. The van der Waals surface area contributed by atoms with Gasteiger partial charge in [0.15, 0.2) is 0 Å². The van der Waals surface area contributed by atoms with Crippen LogP contribution in [-0.4, -0.2) is 26.3 Å². The van der Waals surface area contributed by atoms with Crippen LogP contribution in [0.4, 0.5) is 0 Å². The zero-order valence-electron chi connectivity index (χ0n) is 8.92. The molecule has 16 heavy (non-hydrogen) atoms. The van der Waals surface area contributed by atoms with Crippen LogP contribution in [0.5, 0.6) is 0 Å². The van der Waals surface area contributed by atoms with Gasteiger partial charge in [-0.25, -0.2) is 8.42 Å². The van der Waals surface area contributed by atoms with E-state index in [-0.39, 0.29) is 11.4 Å². The zero-order chi connectivity index (χ0) is 12.2. The molecule has 0 N–H and O–H groups in total. The van der Waals surface area contributed by atoms with E-state index in [4.69, 9.17) is 5.26 Å². The third-order valence-corrected chi connectivity index (χ3v) is 3.92. The Bertz CT molecular complexity index is 512. The predicted molar refractivity (Wildman–Crippen MR) is 61.2 cm³/mol. The summed E-state index contributed by atoms with van der Waals surface area (Å²) in [6.07, 6.45) is 1.52. The summed E-state index contributed by atoms with van der Waals surface area (Å²) in [7, 11) is -1.99. The number of rotatable bonds is 4. The van der Waals surface area contributed by atoms with Crippen LogP contribution in [0.2, 0.25) is 0 Å². The van der Waals surface area contributed by atoms with Crippen LogP contribution in [-0.2, 0) is 10.0 Å². The van der Waals surface area contributed by atoms with Gasteiger partial charge in [0.05, 0.1) is 16.5 Å². The molecule has 1 rings (SSSR count). The maximum absolute atomic E-state index is 11.9. The fraction of sp³-hybridized carbons (Fsp3) is 0.182. The first-order valence-electron chi connectivity index (χ1n) is 4.59. The number of nitrogens with zero attached hydrogens (tertiary/aromatic N) is 2. The van der Waals surface area contributed by atoms with Gasteiger partial charge in [-0.05, 0) is 24.3 Å². The number of hydrogen-bond acceptors (Lipinski definition) is 3. The van der Waals surface area contributed by atoms with Crippen LogP contribution >= 0.6 is 0 Å². The lowest BCUT2D eigenvalue weighted by Gasteiger charge is -2.14. The van der Waals surface area contributed by atoms with Crippen LogP contribution in [0, 0.1) is 11.3 Å². The lowest BCUT2D eigenvalue weighted by atomic mass is 10.2. The number of nitriles is 1. The second-order valence-electron chi connectivity index (χ2n) is 3.21. The Morgan fingerprint density at radius 2 is 2.00 bits per heavy atom. The highest BCUT2D eigenvalue weighted by Crippen LogP contribution is 2.14. The Hall–Kier alpha value is -1.64. The normalized spacial score (nSPS) is 11.1. The van der Waals surface area contributed by atoms with E-state index < -0.39 is 10.0 Å². The summed E-state index contributed by atoms with van der Waals surface area (Å²) in [5, 5.41) is 8.60. The van der Waals surface area contributed by atoms with Gasteiger partial charge in [-0.3, -0.25) is 0 Å². The van der Waals surface area contributed by atoms with Gasteiger partial charge < -0.3 is 0 Å². The standard InChI is InChI=1S/C11H12N2O2S/c1-3-8-13(2)16(14,15)11-6-4-10(9-12)5-7-11/h3-7H,1,8H2,2H3. The Labute approximate surface area is 95.5 Å². The SMILES string of the molecule is C=CCN(C)S(=O)(=O)c1ccc(C#N)cc1. The van der Waals surface area contributed by atoms with Gasteiger partial charge in [0.1, 0.15) is 0 Å². The average Bonchev–Trinajstić information content (AvgIpc) is 2.29. The minimum Gasteiger partial charge on any atom is -0.207 e. The summed E-state index contributed by atoms with van der Waals surface area (Å²) in [6.45, 7) is 3.74. The predicted octanol–water partition coefficient (Wildman–Crippen LogP) is 1.36. The number of likely N-dealkylation sites (N-methyl/N-ethyl adjacent to an activating group) is 1. The third-order valence-electron chi connectivity index (χ3n) is 2.08. The molecule has 0 unspecified atom stereocenters. The molecule has 0 atom stereocenters. The summed E-state index contributed by atoms with van der Waals surface area (Å²) in [5.74, 6) is 0. The monoisotopic (exact) mass is 236 g/mol. The van der Waals surface area contributed by atoms with Gasteiger partial charge in [-0.2, -0.15) is 9.57 Å². The van der Waals surface area contributed by atoms with Crippen molar-refractivity contribution in [3.8, 4) is 6.07 Å². The van der Waals surface area contributed by atoms with Crippen LogP contribution < -0.4 is 0 Å². The van der Waals surface area contributed by atoms with Crippen molar-refractivity contribution in [2.45, 2.75) is 4.90 Å². The molecule has 0 spiro atoms. The molecular formula is C11H12N2O2S. The summed E-state index contributed by atoms with van der Waals surface area (Å²) < 4.78 is 25.0. The van der Waals surface area contributed by atoms with Gasteiger partial charge in [-0.15, -0.1) is 6.58 Å². The molecule has 84 valence electrons. The van der Waals surface area contributed by atoms with Gasteiger partial charge in [0.25, 0.3) is 0 Å². The summed E-state index contributed by atoms with van der Waals surface area (Å²) >= 11 is 0. The molecule has 0 heterocycles. The first-order valence-corrected chi connectivity index (χ1v) is 6.04. The van der Waals surface area contributed by atoms with Crippen molar-refractivity contribution in [3.05, 3.63) is 42.5 Å². The first-order chi connectivity index (χ1) is 7.52. The topological polar surface area (TPSA) is 61.2 Å². The van der Waals surface area contributed by atoms with Gasteiger partial charge >= 0.3 is 0 Å². The molecule has 0 aliphatic rings. The quantitative estimate of drug-likeness (QED) is 0.742. The fourth-order valence-electron chi connectivity index (χ4n) is 1.16. The Morgan fingerprint density at radius 1 is 1.44 bits per heavy atom. The molecule has 0 saturated carbocycles. The highest BCUT2D eigenvalue weighted by atomic mass is 32.2. The van der Waals surface area contributed by atoms with Crippen molar-refractivity contribution >= 4 is 10.0 Å². The van der Waals surface area contributed by atoms with E-state index in [0.29, 0.717) is 5.56 Å². The van der Waals surface area contributed by atoms with Crippen molar-refractivity contribution in [2.75, 3.05) is 13.6 Å². The van der Waals surface area contributed by atoms with Crippen molar-refractivity contribution in [2.24, 2.45) is 0 Å². The van der Waals surface area contributed by atoms with E-state index in [1.807, 2.05) is 6.07 Å². The van der Waals surface area contributed by atoms with Gasteiger partial charge in [0, 0.05) is 13.6 Å². The number of benzene rings is 1. The van der Waals surface area contributed by atoms with Crippen LogP contribution in [0.25, 0.3) is 0 Å². The lowest BCUT2D eigenvalue weighted by molar-refractivity contribution is 0.499. The highest BCUT2D eigenvalue weighted by molar-refractivity contribution is 7.89. The Morgan fingerprint density at radius 3 is 2.44 bits per heavy atom. The van der Waals surface area contributed by atoms with E-state index in [1.165, 1.54) is 41.7 Å². The van der Waals surface area contributed by atoms with Crippen molar-refractivity contribution in [1.82, 2.24) is 4.31 Å². The average molecular weight is 236 g/mol. The minimum absolute atomic E-state index is 0.177. The van der Waals surface area contributed by atoms with E-state index in [9.17, 15) is 8.42 Å². The molecule has 0 radical (unpaired) electrons. The lowest BCUT2D eigenvalue weighted by Crippen LogP contribution is -2.26. The second-order valence-corrected chi connectivity index (χ2v) is 5.26. The number of hydrogen-bond donors (Lipinski definition) is 0. The van der Waals surface area contributed by atoms with E-state index in [0.717, 1.165) is 0 Å². The molecule has 0 aliphatic heterocycles. The Kier molecular flexibility index (Phi) is 3.82. The summed E-state index contributed by atoms with van der Waals surface area (Å²) in [4.78, 5) is 0.177. The Balaban J connectivity index is 3.08. The van der Waals surface area contributed by atoms with Crippen molar-refractivity contribution in [3.63, 3.8) is 0 Å². The van der Waals surface area contributed by atoms with Crippen LogP contribution in [0.3, 0.4) is 0 Å². The largest absolute Gasteiger partial charge is 0.243 e. The molecular weight excluding hydrogens is 224 g/mol. The van der Waals surface area contributed by atoms with Gasteiger partial charge in [0.2, 0.25) is 10.0 Å². The first kappa shape index (κ1) is 12.4. The molecule has 0 aromatic heterocycles. The molecule has 1 aromatic carbocycles. The number of sulfonamides is 1. The summed E-state index contributed by atoms with van der Waals surface area (Å²) in [6, 6.07) is 7.75. The zero-order valence-corrected chi connectivity index (χ0v) is 9.74. The minimum atomic E-state index is -3.47. The fourth-order valence-corrected chi connectivity index (χ4v) is 2.30.